The molecule has 3 rings (SSSR count). The number of hydrogen-bond donors (Lipinski definition) is 2. The summed E-state index contributed by atoms with van der Waals surface area (Å²) >= 11 is 0. The number of hydrogen-bond acceptors (Lipinski definition) is 3. The fourth-order valence-electron chi connectivity index (χ4n) is 3.10. The number of nitrogens with one attached hydrogen (secondary N) is 2. The lowest BCUT2D eigenvalue weighted by Crippen LogP contribution is -2.39. The predicted octanol–water partition coefficient (Wildman–Crippen LogP) is 4.11. The average molecular weight is 518 g/mol. The molecule has 1 heterocycles. The molecule has 7 heteroatoms. The summed E-state index contributed by atoms with van der Waals surface area (Å²) in [5, 5.41) is 11.0. The van der Waals surface area contributed by atoms with Crippen LogP contribution in [-0.2, 0) is 13.1 Å². The van der Waals surface area contributed by atoms with Crippen LogP contribution in [0.15, 0.2) is 66.2 Å². The Hall–Kier alpha value is -2.42. The van der Waals surface area contributed by atoms with Crippen molar-refractivity contribution in [2.75, 3.05) is 13.1 Å². The van der Waals surface area contributed by atoms with E-state index in [2.05, 4.69) is 90.0 Å². The van der Waals surface area contributed by atoms with Gasteiger partial charge in [-0.15, -0.1) is 24.0 Å². The Morgan fingerprint density at radius 2 is 1.87 bits per heavy atom. The van der Waals surface area contributed by atoms with Crippen molar-refractivity contribution < 1.29 is 0 Å². The summed E-state index contributed by atoms with van der Waals surface area (Å²) in [4.78, 5) is 8.76. The van der Waals surface area contributed by atoms with E-state index in [-0.39, 0.29) is 24.0 Å². The Kier molecular flexibility index (Phi) is 9.79. The van der Waals surface area contributed by atoms with E-state index in [9.17, 15) is 0 Å². The van der Waals surface area contributed by atoms with Crippen molar-refractivity contribution in [3.8, 4) is 0 Å². The minimum Gasteiger partial charge on any atom is -0.357 e. The molecule has 0 fully saturated rings. The first-order chi connectivity index (χ1) is 14.1. The molecule has 0 aliphatic carbocycles. The Morgan fingerprint density at radius 1 is 1.10 bits per heavy atom. The van der Waals surface area contributed by atoms with Gasteiger partial charge in [0.05, 0.1) is 13.1 Å². The molecule has 1 unspecified atom stereocenters. The molecule has 0 radical (unpaired) electrons. The zero-order valence-electron chi connectivity index (χ0n) is 17.9. The van der Waals surface area contributed by atoms with Crippen molar-refractivity contribution in [2.45, 2.75) is 39.8 Å². The number of aryl methyl sites for hydroxylation is 1. The van der Waals surface area contributed by atoms with Gasteiger partial charge in [-0.2, -0.15) is 5.10 Å². The Labute approximate surface area is 196 Å². The summed E-state index contributed by atoms with van der Waals surface area (Å²) < 4.78 is 1.82. The van der Waals surface area contributed by atoms with Crippen molar-refractivity contribution in [3.05, 3.63) is 83.4 Å². The topological polar surface area (TPSA) is 67.1 Å². The zero-order valence-corrected chi connectivity index (χ0v) is 20.2. The molecule has 30 heavy (non-hydrogen) atoms. The van der Waals surface area contributed by atoms with Gasteiger partial charge in [-0.3, -0.25) is 0 Å². The van der Waals surface area contributed by atoms with Crippen molar-refractivity contribution in [1.82, 2.24) is 25.4 Å². The lowest BCUT2D eigenvalue weighted by atomic mass is 10.0. The lowest BCUT2D eigenvalue weighted by molar-refractivity contribution is 0.684. The highest BCUT2D eigenvalue weighted by Crippen LogP contribution is 2.14. The molecule has 0 amide bonds. The smallest absolute Gasteiger partial charge is 0.191 e. The average Bonchev–Trinajstić information content (AvgIpc) is 3.23. The van der Waals surface area contributed by atoms with E-state index in [4.69, 9.17) is 4.99 Å². The van der Waals surface area contributed by atoms with E-state index in [0.717, 1.165) is 19.0 Å². The number of rotatable bonds is 8. The molecule has 6 nitrogen and oxygen atoms in total. The van der Waals surface area contributed by atoms with Gasteiger partial charge < -0.3 is 10.6 Å². The summed E-state index contributed by atoms with van der Waals surface area (Å²) in [6.07, 6.45) is 3.29. The standard InChI is InChI=1S/C23H30N6.HI/c1-4-25-23(26-13-19(3)22-10-8-18(2)9-11-22)27-14-20-6-5-7-21(12-20)15-29-17-24-16-28-29;/h5-12,16-17,19H,4,13-15H2,1-3H3,(H2,25,26,27);1H. The fraction of sp³-hybridized carbons (Fsp3) is 0.348. The number of nitrogens with zero attached hydrogens (tertiary/aromatic N) is 4. The fourth-order valence-corrected chi connectivity index (χ4v) is 3.10. The minimum absolute atomic E-state index is 0. The van der Waals surface area contributed by atoms with Crippen molar-refractivity contribution in [2.24, 2.45) is 4.99 Å². The highest BCUT2D eigenvalue weighted by Gasteiger charge is 2.07. The molecule has 1 atom stereocenters. The zero-order chi connectivity index (χ0) is 20.5. The molecule has 2 aromatic carbocycles. The maximum atomic E-state index is 4.76. The first-order valence-electron chi connectivity index (χ1n) is 10.1. The first kappa shape index (κ1) is 23.9. The van der Waals surface area contributed by atoms with Crippen LogP contribution in [0, 0.1) is 6.92 Å². The van der Waals surface area contributed by atoms with Crippen molar-refractivity contribution in [1.29, 1.82) is 0 Å². The van der Waals surface area contributed by atoms with Crippen LogP contribution in [0.3, 0.4) is 0 Å². The van der Waals surface area contributed by atoms with E-state index in [1.165, 1.54) is 22.3 Å². The van der Waals surface area contributed by atoms with Gasteiger partial charge in [0.15, 0.2) is 5.96 Å². The highest BCUT2D eigenvalue weighted by molar-refractivity contribution is 14.0. The van der Waals surface area contributed by atoms with E-state index in [0.29, 0.717) is 19.0 Å². The second-order valence-electron chi connectivity index (χ2n) is 7.30. The molecule has 0 saturated heterocycles. The SMILES string of the molecule is CCNC(=NCc1cccc(Cn2cncn2)c1)NCC(C)c1ccc(C)cc1.I. The van der Waals surface area contributed by atoms with Gasteiger partial charge >= 0.3 is 0 Å². The summed E-state index contributed by atoms with van der Waals surface area (Å²) in [5.74, 6) is 1.25. The van der Waals surface area contributed by atoms with Crippen molar-refractivity contribution >= 4 is 29.9 Å². The van der Waals surface area contributed by atoms with Crippen LogP contribution in [0.25, 0.3) is 0 Å². The minimum atomic E-state index is 0. The normalized spacial score (nSPS) is 12.2. The number of benzene rings is 2. The number of halogens is 1. The van der Waals surface area contributed by atoms with E-state index in [1.807, 2.05) is 4.68 Å². The highest BCUT2D eigenvalue weighted by atomic mass is 127. The van der Waals surface area contributed by atoms with E-state index < -0.39 is 0 Å². The monoisotopic (exact) mass is 518 g/mol. The van der Waals surface area contributed by atoms with Gasteiger partial charge in [0.25, 0.3) is 0 Å². The molecule has 0 bridgehead atoms. The molecular formula is C23H31IN6. The molecular weight excluding hydrogens is 487 g/mol. The maximum Gasteiger partial charge on any atom is 0.191 e. The third kappa shape index (κ3) is 7.44. The number of aliphatic imine (C=N–C) groups is 1. The van der Waals surface area contributed by atoms with Crippen LogP contribution in [-0.4, -0.2) is 33.8 Å². The first-order valence-corrected chi connectivity index (χ1v) is 10.1. The summed E-state index contributed by atoms with van der Waals surface area (Å²) in [6, 6.07) is 17.2. The van der Waals surface area contributed by atoms with Crippen LogP contribution >= 0.6 is 24.0 Å². The molecule has 0 spiro atoms. The van der Waals surface area contributed by atoms with Crippen LogP contribution < -0.4 is 10.6 Å². The third-order valence-corrected chi connectivity index (χ3v) is 4.79. The number of aromatic nitrogens is 3. The van der Waals surface area contributed by atoms with Gasteiger partial charge in [0, 0.05) is 13.1 Å². The maximum absolute atomic E-state index is 4.76. The largest absolute Gasteiger partial charge is 0.357 e. The molecule has 3 aromatic rings. The van der Waals surface area contributed by atoms with Crippen LogP contribution in [0.4, 0.5) is 0 Å². The molecule has 160 valence electrons. The van der Waals surface area contributed by atoms with Crippen LogP contribution in [0.5, 0.6) is 0 Å². The van der Waals surface area contributed by atoms with E-state index in [1.54, 1.807) is 12.7 Å². The van der Waals surface area contributed by atoms with Gasteiger partial charge in [0.1, 0.15) is 12.7 Å². The predicted molar refractivity (Wildman–Crippen MR) is 133 cm³/mol. The van der Waals surface area contributed by atoms with Crippen LogP contribution in [0.2, 0.25) is 0 Å². The molecule has 0 saturated carbocycles. The quantitative estimate of drug-likeness (QED) is 0.268. The third-order valence-electron chi connectivity index (χ3n) is 4.79. The van der Waals surface area contributed by atoms with Gasteiger partial charge in [-0.05, 0) is 36.5 Å². The molecule has 2 N–H and O–H groups in total. The Morgan fingerprint density at radius 3 is 2.57 bits per heavy atom. The lowest BCUT2D eigenvalue weighted by Gasteiger charge is -2.16. The van der Waals surface area contributed by atoms with E-state index >= 15 is 0 Å². The Balaban J connectivity index is 0.00000320. The molecule has 0 aliphatic rings. The summed E-state index contributed by atoms with van der Waals surface area (Å²) in [7, 11) is 0. The molecule has 0 aliphatic heterocycles. The van der Waals surface area contributed by atoms with Crippen molar-refractivity contribution in [3.63, 3.8) is 0 Å². The Bertz CT molecular complexity index is 906. The number of guanidine groups is 1. The van der Waals surface area contributed by atoms with Gasteiger partial charge in [-0.25, -0.2) is 14.7 Å². The van der Waals surface area contributed by atoms with Gasteiger partial charge in [-0.1, -0.05) is 61.0 Å². The summed E-state index contributed by atoms with van der Waals surface area (Å²) in [5.41, 5.74) is 4.98. The summed E-state index contributed by atoms with van der Waals surface area (Å²) in [6.45, 7) is 9.43. The second-order valence-corrected chi connectivity index (χ2v) is 7.30. The second kappa shape index (κ2) is 12.3. The van der Waals surface area contributed by atoms with Crippen LogP contribution in [0.1, 0.15) is 42.0 Å². The van der Waals surface area contributed by atoms with Gasteiger partial charge in [0.2, 0.25) is 0 Å². The molecule has 1 aromatic heterocycles.